The summed E-state index contributed by atoms with van der Waals surface area (Å²) in [5, 5.41) is 2.65. The molecule has 94 valence electrons. The number of nitrogen functional groups attached to an aromatic ring is 1. The van der Waals surface area contributed by atoms with Gasteiger partial charge in [0.25, 0.3) is 0 Å². The lowest BCUT2D eigenvalue weighted by Gasteiger charge is -2.03. The van der Waals surface area contributed by atoms with Crippen LogP contribution in [-0.4, -0.2) is 5.91 Å². The molecule has 0 radical (unpaired) electrons. The summed E-state index contributed by atoms with van der Waals surface area (Å²) in [5.74, 6) is 4.96. The molecule has 0 fully saturated rings. The Labute approximate surface area is 125 Å². The first-order chi connectivity index (χ1) is 9.15. The number of halogens is 1. The van der Waals surface area contributed by atoms with E-state index in [0.717, 1.165) is 9.13 Å². The van der Waals surface area contributed by atoms with Crippen molar-refractivity contribution in [2.24, 2.45) is 0 Å². The number of carbonyl (C=O) groups is 1. The number of benzene rings is 2. The maximum atomic E-state index is 11.7. The summed E-state index contributed by atoms with van der Waals surface area (Å²) in [6.07, 6.45) is 0. The molecule has 0 saturated heterocycles. The highest BCUT2D eigenvalue weighted by Crippen LogP contribution is 2.16. The van der Waals surface area contributed by atoms with Gasteiger partial charge in [-0.25, -0.2) is 0 Å². The highest BCUT2D eigenvalue weighted by atomic mass is 127. The summed E-state index contributed by atoms with van der Waals surface area (Å²) in [7, 11) is 0. The SMILES string of the molecule is Nc1ccccc1NC(=O)C#Cc1ccc(I)cc1. The fraction of sp³-hybridized carbons (Fsp3) is 0. The van der Waals surface area contributed by atoms with E-state index < -0.39 is 0 Å². The Morgan fingerprint density at radius 2 is 1.79 bits per heavy atom. The minimum atomic E-state index is -0.378. The lowest BCUT2D eigenvalue weighted by molar-refractivity contribution is -0.111. The molecule has 0 aromatic heterocycles. The van der Waals surface area contributed by atoms with Gasteiger partial charge in [0, 0.05) is 15.1 Å². The molecule has 3 N–H and O–H groups in total. The molecule has 3 nitrogen and oxygen atoms in total. The van der Waals surface area contributed by atoms with Crippen molar-refractivity contribution < 1.29 is 4.79 Å². The number of nitrogens with one attached hydrogen (secondary N) is 1. The first-order valence-corrected chi connectivity index (χ1v) is 6.66. The van der Waals surface area contributed by atoms with Crippen LogP contribution in [0.5, 0.6) is 0 Å². The minimum Gasteiger partial charge on any atom is -0.397 e. The average molecular weight is 362 g/mol. The predicted octanol–water partition coefficient (Wildman–Crippen LogP) is 2.86. The number of rotatable bonds is 1. The fourth-order valence-electron chi connectivity index (χ4n) is 1.43. The zero-order valence-corrected chi connectivity index (χ0v) is 12.1. The Hall–Kier alpha value is -2.00. The van der Waals surface area contributed by atoms with Gasteiger partial charge in [-0.1, -0.05) is 18.1 Å². The third kappa shape index (κ3) is 4.00. The van der Waals surface area contributed by atoms with Crippen LogP contribution in [-0.2, 0) is 4.79 Å². The maximum absolute atomic E-state index is 11.7. The summed E-state index contributed by atoms with van der Waals surface area (Å²) < 4.78 is 1.13. The second-order valence-electron chi connectivity index (χ2n) is 3.80. The maximum Gasteiger partial charge on any atom is 0.300 e. The van der Waals surface area contributed by atoms with Crippen molar-refractivity contribution in [3.63, 3.8) is 0 Å². The molecule has 0 unspecified atom stereocenters. The summed E-state index contributed by atoms with van der Waals surface area (Å²) in [4.78, 5) is 11.7. The molecule has 4 heteroatoms. The van der Waals surface area contributed by atoms with E-state index >= 15 is 0 Å². The van der Waals surface area contributed by atoms with Crippen molar-refractivity contribution in [2.45, 2.75) is 0 Å². The smallest absolute Gasteiger partial charge is 0.300 e. The van der Waals surface area contributed by atoms with Gasteiger partial charge < -0.3 is 11.1 Å². The standard InChI is InChI=1S/C15H11IN2O/c16-12-8-5-11(6-9-12)7-10-15(19)18-14-4-2-1-3-13(14)17/h1-6,8-9H,17H2,(H,18,19). The van der Waals surface area contributed by atoms with E-state index in [9.17, 15) is 4.79 Å². The molecule has 0 aliphatic carbocycles. The van der Waals surface area contributed by atoms with E-state index in [2.05, 4.69) is 39.7 Å². The van der Waals surface area contributed by atoms with Crippen LogP contribution in [0.1, 0.15) is 5.56 Å². The highest BCUT2D eigenvalue weighted by molar-refractivity contribution is 14.1. The van der Waals surface area contributed by atoms with Gasteiger partial charge in [-0.15, -0.1) is 0 Å². The first-order valence-electron chi connectivity index (χ1n) is 5.58. The Morgan fingerprint density at radius 3 is 2.47 bits per heavy atom. The molecular weight excluding hydrogens is 351 g/mol. The van der Waals surface area contributed by atoms with E-state index in [4.69, 9.17) is 5.73 Å². The molecule has 0 atom stereocenters. The molecule has 0 saturated carbocycles. The first kappa shape index (κ1) is 13.4. The number of nitrogens with two attached hydrogens (primary N) is 1. The minimum absolute atomic E-state index is 0.378. The number of amides is 1. The third-order valence-corrected chi connectivity index (χ3v) is 3.09. The number of carbonyl (C=O) groups excluding carboxylic acids is 1. The van der Waals surface area contributed by atoms with Crippen LogP contribution in [0.15, 0.2) is 48.5 Å². The Kier molecular flexibility index (Phi) is 4.42. The van der Waals surface area contributed by atoms with Crippen LogP contribution in [0.2, 0.25) is 0 Å². The van der Waals surface area contributed by atoms with E-state index in [-0.39, 0.29) is 5.91 Å². The van der Waals surface area contributed by atoms with Crippen molar-refractivity contribution in [1.82, 2.24) is 0 Å². The van der Waals surface area contributed by atoms with Gasteiger partial charge in [0.1, 0.15) is 0 Å². The number of hydrogen-bond acceptors (Lipinski definition) is 2. The summed E-state index contributed by atoms with van der Waals surface area (Å²) in [6, 6.07) is 14.7. The van der Waals surface area contributed by atoms with Gasteiger partial charge in [-0.2, -0.15) is 0 Å². The Bertz CT molecular complexity index is 654. The summed E-state index contributed by atoms with van der Waals surface area (Å²) >= 11 is 2.22. The number of hydrogen-bond donors (Lipinski definition) is 2. The number of anilines is 2. The van der Waals surface area contributed by atoms with Crippen molar-refractivity contribution in [2.75, 3.05) is 11.1 Å². The molecule has 0 aliphatic rings. The fourth-order valence-corrected chi connectivity index (χ4v) is 1.79. The van der Waals surface area contributed by atoms with Crippen molar-refractivity contribution in [3.05, 3.63) is 57.7 Å². The zero-order valence-electron chi connectivity index (χ0n) is 9.98. The van der Waals surface area contributed by atoms with E-state index in [1.165, 1.54) is 0 Å². The Balaban J connectivity index is 2.07. The van der Waals surface area contributed by atoms with Gasteiger partial charge in [0.05, 0.1) is 11.4 Å². The lowest BCUT2D eigenvalue weighted by atomic mass is 10.2. The van der Waals surface area contributed by atoms with Crippen LogP contribution in [0.25, 0.3) is 0 Å². The molecule has 19 heavy (non-hydrogen) atoms. The van der Waals surface area contributed by atoms with Crippen LogP contribution in [0.3, 0.4) is 0 Å². The van der Waals surface area contributed by atoms with Gasteiger partial charge in [-0.05, 0) is 59.0 Å². The molecule has 1 amide bonds. The van der Waals surface area contributed by atoms with Crippen LogP contribution < -0.4 is 11.1 Å². The Morgan fingerprint density at radius 1 is 1.11 bits per heavy atom. The van der Waals surface area contributed by atoms with Crippen LogP contribution >= 0.6 is 22.6 Å². The highest BCUT2D eigenvalue weighted by Gasteiger charge is 2.00. The average Bonchev–Trinajstić information content (AvgIpc) is 2.41. The molecular formula is C15H11IN2O. The van der Waals surface area contributed by atoms with Crippen molar-refractivity contribution >= 4 is 39.9 Å². The van der Waals surface area contributed by atoms with Gasteiger partial charge in [0.2, 0.25) is 0 Å². The second kappa shape index (κ2) is 6.25. The summed E-state index contributed by atoms with van der Waals surface area (Å²) in [6.45, 7) is 0. The van der Waals surface area contributed by atoms with Crippen LogP contribution in [0.4, 0.5) is 11.4 Å². The predicted molar refractivity (Wildman–Crippen MR) is 85.5 cm³/mol. The monoisotopic (exact) mass is 362 g/mol. The zero-order chi connectivity index (χ0) is 13.7. The topological polar surface area (TPSA) is 55.1 Å². The molecule has 0 heterocycles. The largest absolute Gasteiger partial charge is 0.397 e. The van der Waals surface area contributed by atoms with Gasteiger partial charge >= 0.3 is 5.91 Å². The molecule has 0 spiro atoms. The van der Waals surface area contributed by atoms with Gasteiger partial charge in [0.15, 0.2) is 0 Å². The second-order valence-corrected chi connectivity index (χ2v) is 5.04. The van der Waals surface area contributed by atoms with E-state index in [0.29, 0.717) is 11.4 Å². The van der Waals surface area contributed by atoms with E-state index in [1.54, 1.807) is 18.2 Å². The van der Waals surface area contributed by atoms with E-state index in [1.807, 2.05) is 30.3 Å². The quantitative estimate of drug-likeness (QED) is 0.466. The molecule has 2 rings (SSSR count). The molecule has 0 bridgehead atoms. The third-order valence-electron chi connectivity index (χ3n) is 2.37. The normalized spacial score (nSPS) is 9.32. The van der Waals surface area contributed by atoms with Crippen molar-refractivity contribution in [1.29, 1.82) is 0 Å². The van der Waals surface area contributed by atoms with Gasteiger partial charge in [-0.3, -0.25) is 4.79 Å². The van der Waals surface area contributed by atoms with Crippen LogP contribution in [0, 0.1) is 15.4 Å². The molecule has 2 aromatic carbocycles. The lowest BCUT2D eigenvalue weighted by Crippen LogP contribution is -2.10. The summed E-state index contributed by atoms with van der Waals surface area (Å²) in [5.41, 5.74) is 7.63. The van der Waals surface area contributed by atoms with Crippen molar-refractivity contribution in [3.8, 4) is 11.8 Å². The molecule has 2 aromatic rings. The number of para-hydroxylation sites is 2. The molecule has 0 aliphatic heterocycles.